The van der Waals surface area contributed by atoms with Crippen molar-refractivity contribution < 1.29 is 4.79 Å². The summed E-state index contributed by atoms with van der Waals surface area (Å²) in [4.78, 5) is 13.8. The average molecular weight is 252 g/mol. The highest BCUT2D eigenvalue weighted by atomic mass is 16.2. The number of hydrogen-bond donors (Lipinski definition) is 1. The van der Waals surface area contributed by atoms with Crippen LogP contribution < -0.4 is 5.32 Å². The molecule has 3 nitrogen and oxygen atoms in total. The molecule has 1 atom stereocenters. The molecule has 0 saturated carbocycles. The Hall–Kier alpha value is -2.29. The summed E-state index contributed by atoms with van der Waals surface area (Å²) in [5, 5.41) is 3.09. The van der Waals surface area contributed by atoms with E-state index in [4.69, 9.17) is 0 Å². The molecule has 1 aliphatic rings. The number of carbonyl (C=O) groups is 1. The summed E-state index contributed by atoms with van der Waals surface area (Å²) in [6.45, 7) is 0.644. The van der Waals surface area contributed by atoms with Crippen molar-refractivity contribution in [3.63, 3.8) is 0 Å². The predicted molar refractivity (Wildman–Crippen MR) is 74.7 cm³/mol. The highest BCUT2D eigenvalue weighted by Gasteiger charge is 2.25. The zero-order valence-corrected chi connectivity index (χ0v) is 10.8. The van der Waals surface area contributed by atoms with Crippen molar-refractivity contribution in [2.75, 3.05) is 7.05 Å². The van der Waals surface area contributed by atoms with Crippen molar-refractivity contribution in [2.24, 2.45) is 0 Å². The predicted octanol–water partition coefficient (Wildman–Crippen LogP) is 2.93. The molecule has 1 N–H and O–H groups in total. The zero-order valence-electron chi connectivity index (χ0n) is 10.8. The first-order valence-electron chi connectivity index (χ1n) is 6.40. The first kappa shape index (κ1) is 11.8. The molecule has 0 fully saturated rings. The summed E-state index contributed by atoms with van der Waals surface area (Å²) < 4.78 is 0. The van der Waals surface area contributed by atoms with Gasteiger partial charge in [0.05, 0.1) is 6.04 Å². The second-order valence-electron chi connectivity index (χ2n) is 4.85. The number of rotatable bonds is 1. The molecular formula is C16H16N2O. The van der Waals surface area contributed by atoms with E-state index >= 15 is 0 Å². The number of hydrogen-bond acceptors (Lipinski definition) is 1. The van der Waals surface area contributed by atoms with Gasteiger partial charge in [0, 0.05) is 13.6 Å². The van der Waals surface area contributed by atoms with Crippen LogP contribution >= 0.6 is 0 Å². The lowest BCUT2D eigenvalue weighted by molar-refractivity contribution is 0.207. The van der Waals surface area contributed by atoms with E-state index in [1.807, 2.05) is 49.5 Å². The van der Waals surface area contributed by atoms with Crippen LogP contribution in [0.4, 0.5) is 4.79 Å². The van der Waals surface area contributed by atoms with Gasteiger partial charge in [-0.2, -0.15) is 0 Å². The smallest absolute Gasteiger partial charge is 0.318 e. The van der Waals surface area contributed by atoms with Gasteiger partial charge in [0.15, 0.2) is 0 Å². The summed E-state index contributed by atoms with van der Waals surface area (Å²) in [6.07, 6.45) is 0. The first-order chi connectivity index (χ1) is 9.25. The van der Waals surface area contributed by atoms with E-state index in [0.717, 1.165) is 5.56 Å². The maximum atomic E-state index is 12.1. The Labute approximate surface area is 112 Å². The summed E-state index contributed by atoms with van der Waals surface area (Å²) in [6, 6.07) is 18.2. The molecule has 0 saturated heterocycles. The van der Waals surface area contributed by atoms with E-state index in [-0.39, 0.29) is 12.1 Å². The maximum absolute atomic E-state index is 12.1. The largest absolute Gasteiger partial charge is 0.327 e. The highest BCUT2D eigenvalue weighted by molar-refractivity contribution is 5.76. The number of urea groups is 1. The van der Waals surface area contributed by atoms with Gasteiger partial charge in [0.2, 0.25) is 0 Å². The van der Waals surface area contributed by atoms with E-state index in [0.29, 0.717) is 6.54 Å². The van der Waals surface area contributed by atoms with Gasteiger partial charge in [-0.25, -0.2) is 4.79 Å². The van der Waals surface area contributed by atoms with Crippen LogP contribution in [0.2, 0.25) is 0 Å². The normalized spacial score (nSPS) is 18.5. The van der Waals surface area contributed by atoms with Gasteiger partial charge in [-0.3, -0.25) is 0 Å². The maximum Gasteiger partial charge on any atom is 0.318 e. The van der Waals surface area contributed by atoms with E-state index in [1.54, 1.807) is 4.90 Å². The topological polar surface area (TPSA) is 32.3 Å². The van der Waals surface area contributed by atoms with Crippen molar-refractivity contribution in [3.05, 3.63) is 71.3 Å². The van der Waals surface area contributed by atoms with Crippen LogP contribution in [0.1, 0.15) is 22.7 Å². The third-order valence-electron chi connectivity index (χ3n) is 3.52. The Balaban J connectivity index is 2.10. The number of carbonyl (C=O) groups excluding carboxylic acids is 1. The van der Waals surface area contributed by atoms with Gasteiger partial charge in [-0.15, -0.1) is 0 Å². The molecule has 0 spiro atoms. The Morgan fingerprint density at radius 3 is 2.53 bits per heavy atom. The minimum atomic E-state index is -0.0742. The van der Waals surface area contributed by atoms with Crippen LogP contribution in [0.15, 0.2) is 54.6 Å². The number of benzene rings is 2. The van der Waals surface area contributed by atoms with E-state index in [9.17, 15) is 4.79 Å². The lowest BCUT2D eigenvalue weighted by atomic mass is 9.95. The fraction of sp³-hybridized carbons (Fsp3) is 0.188. The Morgan fingerprint density at radius 2 is 1.74 bits per heavy atom. The molecule has 3 rings (SSSR count). The van der Waals surface area contributed by atoms with Crippen LogP contribution in [0.25, 0.3) is 0 Å². The minimum Gasteiger partial charge on any atom is -0.327 e. The van der Waals surface area contributed by atoms with Gasteiger partial charge >= 0.3 is 6.03 Å². The Morgan fingerprint density at radius 1 is 1.05 bits per heavy atom. The Bertz CT molecular complexity index is 595. The van der Waals surface area contributed by atoms with Crippen molar-refractivity contribution in [3.8, 4) is 0 Å². The quantitative estimate of drug-likeness (QED) is 0.831. The van der Waals surface area contributed by atoms with Gasteiger partial charge in [-0.05, 0) is 16.7 Å². The number of nitrogens with one attached hydrogen (secondary N) is 1. The van der Waals surface area contributed by atoms with Gasteiger partial charge in [0.25, 0.3) is 0 Å². The Kier molecular flexibility index (Phi) is 2.95. The van der Waals surface area contributed by atoms with Crippen LogP contribution in [-0.2, 0) is 6.54 Å². The molecule has 2 aromatic carbocycles. The standard InChI is InChI=1S/C16H16N2O/c1-18-11-13-9-5-6-10-14(13)15(17-16(18)19)12-7-3-2-4-8-12/h2-10,15H,11H2,1H3,(H,17,19)/t15-/m1/s1. The molecule has 0 aliphatic carbocycles. The molecule has 2 aromatic rings. The van der Waals surface area contributed by atoms with Gasteiger partial charge in [-0.1, -0.05) is 54.6 Å². The molecule has 96 valence electrons. The van der Waals surface area contributed by atoms with Gasteiger partial charge in [0.1, 0.15) is 0 Å². The van der Waals surface area contributed by atoms with Crippen molar-refractivity contribution >= 4 is 6.03 Å². The number of amides is 2. The van der Waals surface area contributed by atoms with Crippen molar-refractivity contribution in [2.45, 2.75) is 12.6 Å². The fourth-order valence-corrected chi connectivity index (χ4v) is 2.51. The van der Waals surface area contributed by atoms with E-state index in [1.165, 1.54) is 11.1 Å². The molecule has 2 amide bonds. The lowest BCUT2D eigenvalue weighted by Gasteiger charge is -2.19. The second-order valence-corrected chi connectivity index (χ2v) is 4.85. The van der Waals surface area contributed by atoms with Crippen LogP contribution in [0, 0.1) is 0 Å². The van der Waals surface area contributed by atoms with Crippen LogP contribution in [0.5, 0.6) is 0 Å². The molecule has 0 aromatic heterocycles. The molecule has 0 radical (unpaired) electrons. The van der Waals surface area contributed by atoms with Gasteiger partial charge < -0.3 is 10.2 Å². The summed E-state index contributed by atoms with van der Waals surface area (Å²) in [7, 11) is 1.82. The van der Waals surface area contributed by atoms with E-state index in [2.05, 4.69) is 17.4 Å². The fourth-order valence-electron chi connectivity index (χ4n) is 2.51. The highest BCUT2D eigenvalue weighted by Crippen LogP contribution is 2.28. The number of fused-ring (bicyclic) bond motifs is 1. The third kappa shape index (κ3) is 2.19. The molecule has 3 heteroatoms. The monoisotopic (exact) mass is 252 g/mol. The summed E-state index contributed by atoms with van der Waals surface area (Å²) in [5.74, 6) is 0. The molecule has 0 unspecified atom stereocenters. The molecule has 1 heterocycles. The molecule has 1 aliphatic heterocycles. The SMILES string of the molecule is CN1Cc2ccccc2[C@@H](c2ccccc2)NC1=O. The van der Waals surface area contributed by atoms with Crippen molar-refractivity contribution in [1.29, 1.82) is 0 Å². The van der Waals surface area contributed by atoms with E-state index < -0.39 is 0 Å². The first-order valence-corrected chi connectivity index (χ1v) is 6.40. The van der Waals surface area contributed by atoms with Crippen LogP contribution in [0.3, 0.4) is 0 Å². The second kappa shape index (κ2) is 4.76. The van der Waals surface area contributed by atoms with Crippen molar-refractivity contribution in [1.82, 2.24) is 10.2 Å². The summed E-state index contributed by atoms with van der Waals surface area (Å²) in [5.41, 5.74) is 3.47. The number of nitrogens with zero attached hydrogens (tertiary/aromatic N) is 1. The minimum absolute atomic E-state index is 0.0370. The summed E-state index contributed by atoms with van der Waals surface area (Å²) >= 11 is 0. The van der Waals surface area contributed by atoms with Crippen LogP contribution in [-0.4, -0.2) is 18.0 Å². The molecule has 0 bridgehead atoms. The lowest BCUT2D eigenvalue weighted by Crippen LogP contribution is -2.36. The third-order valence-corrected chi connectivity index (χ3v) is 3.52. The molecule has 19 heavy (non-hydrogen) atoms. The molecular weight excluding hydrogens is 236 g/mol. The zero-order chi connectivity index (χ0) is 13.2. The average Bonchev–Trinajstić information content (AvgIpc) is 2.58.